The molecule has 0 saturated heterocycles. The summed E-state index contributed by atoms with van der Waals surface area (Å²) in [4.78, 5) is 0. The maximum absolute atomic E-state index is 3.68. The summed E-state index contributed by atoms with van der Waals surface area (Å²) in [7, 11) is 0. The van der Waals surface area contributed by atoms with Gasteiger partial charge in [-0.25, -0.2) is 0 Å². The van der Waals surface area contributed by atoms with Crippen LogP contribution in [0, 0.1) is 0 Å². The van der Waals surface area contributed by atoms with Crippen LogP contribution in [0.4, 0.5) is 0 Å². The Labute approximate surface area is 100 Å². The zero-order valence-corrected chi connectivity index (χ0v) is 11.3. The summed E-state index contributed by atoms with van der Waals surface area (Å²) in [5.41, 5.74) is 7.35. The standard InChI is InChI=1S/2C4H11N.ClH.HI/c2*1-2-3-4-5;;/h2*2-5H2,1H3;2*1H. The van der Waals surface area contributed by atoms with Crippen LogP contribution in [0.25, 0.3) is 0 Å². The van der Waals surface area contributed by atoms with Crippen LogP contribution in [-0.4, -0.2) is 13.1 Å². The quantitative estimate of drug-likeness (QED) is 0.486. The molecule has 0 heterocycles. The number of rotatable bonds is 4. The van der Waals surface area contributed by atoms with E-state index in [1.165, 1.54) is 25.7 Å². The topological polar surface area (TPSA) is 55.3 Å². The number of hydrogen-bond acceptors (Lipinski definition) is 0. The van der Waals surface area contributed by atoms with Crippen molar-refractivity contribution in [2.45, 2.75) is 39.5 Å². The minimum absolute atomic E-state index is 0. The molecule has 0 radical (unpaired) electrons. The fourth-order valence-electron chi connectivity index (χ4n) is 0.500. The lowest BCUT2D eigenvalue weighted by Gasteiger charge is -1.77. The van der Waals surface area contributed by atoms with E-state index in [4.69, 9.17) is 0 Å². The molecule has 0 amide bonds. The van der Waals surface area contributed by atoms with E-state index in [9.17, 15) is 0 Å². The van der Waals surface area contributed by atoms with Crippen molar-refractivity contribution in [3.05, 3.63) is 0 Å². The molecule has 4 heteroatoms. The van der Waals surface area contributed by atoms with Gasteiger partial charge in [0.05, 0.1) is 13.1 Å². The zero-order chi connectivity index (χ0) is 8.24. The van der Waals surface area contributed by atoms with E-state index < -0.39 is 0 Å². The number of halogens is 2. The molecule has 12 heavy (non-hydrogen) atoms. The van der Waals surface area contributed by atoms with Gasteiger partial charge in [0.1, 0.15) is 0 Å². The van der Waals surface area contributed by atoms with Crippen LogP contribution in [0.2, 0.25) is 0 Å². The molecule has 80 valence electrons. The highest BCUT2D eigenvalue weighted by Crippen LogP contribution is 1.76. The Morgan fingerprint density at radius 2 is 1.08 bits per heavy atom. The third-order valence-electron chi connectivity index (χ3n) is 1.21. The first-order valence-electron chi connectivity index (χ1n) is 4.41. The minimum Gasteiger partial charge on any atom is -1.00 e. The van der Waals surface area contributed by atoms with Gasteiger partial charge in [0.15, 0.2) is 0 Å². The highest BCUT2D eigenvalue weighted by molar-refractivity contribution is 4.22. The molecule has 0 aliphatic carbocycles. The van der Waals surface area contributed by atoms with Gasteiger partial charge in [-0.15, -0.1) is 0 Å². The van der Waals surface area contributed by atoms with E-state index in [0.717, 1.165) is 13.1 Å². The monoisotopic (exact) mass is 310 g/mol. The molecule has 0 unspecified atom stereocenters. The van der Waals surface area contributed by atoms with Gasteiger partial charge in [0.2, 0.25) is 0 Å². The summed E-state index contributed by atoms with van der Waals surface area (Å²) in [5, 5.41) is 0. The van der Waals surface area contributed by atoms with Crippen molar-refractivity contribution >= 4 is 0 Å². The average molecular weight is 311 g/mol. The van der Waals surface area contributed by atoms with Gasteiger partial charge < -0.3 is 47.9 Å². The van der Waals surface area contributed by atoms with Gasteiger partial charge in [-0.1, -0.05) is 26.7 Å². The van der Waals surface area contributed by atoms with Crippen molar-refractivity contribution in [1.29, 1.82) is 0 Å². The van der Waals surface area contributed by atoms with Crippen LogP contribution in [0.5, 0.6) is 0 Å². The smallest absolute Gasteiger partial charge is 0.0739 e. The number of hydrogen-bond donors (Lipinski definition) is 2. The van der Waals surface area contributed by atoms with Crippen molar-refractivity contribution in [1.82, 2.24) is 0 Å². The van der Waals surface area contributed by atoms with E-state index in [1.807, 2.05) is 0 Å². The fraction of sp³-hybridized carbons (Fsp3) is 1.00. The second kappa shape index (κ2) is 29.7. The number of quaternary nitrogens is 2. The molecule has 0 saturated carbocycles. The van der Waals surface area contributed by atoms with Crippen LogP contribution >= 0.6 is 0 Å². The second-order valence-electron chi connectivity index (χ2n) is 2.41. The molecule has 0 atom stereocenters. The lowest BCUT2D eigenvalue weighted by Crippen LogP contribution is -3.00. The molecule has 0 aromatic heterocycles. The van der Waals surface area contributed by atoms with E-state index in [2.05, 4.69) is 25.3 Å². The fourth-order valence-corrected chi connectivity index (χ4v) is 0.500. The predicted octanol–water partition coefficient (Wildman–Crippen LogP) is -5.94. The highest BCUT2D eigenvalue weighted by atomic mass is 127. The van der Waals surface area contributed by atoms with E-state index in [-0.39, 0.29) is 36.4 Å². The van der Waals surface area contributed by atoms with E-state index in [1.54, 1.807) is 0 Å². The third-order valence-corrected chi connectivity index (χ3v) is 1.21. The average Bonchev–Trinajstić information content (AvgIpc) is 1.93. The molecule has 0 rings (SSSR count). The van der Waals surface area contributed by atoms with E-state index in [0.29, 0.717) is 0 Å². The van der Waals surface area contributed by atoms with Crippen molar-refractivity contribution < 1.29 is 47.9 Å². The largest absolute Gasteiger partial charge is 1.00 e. The lowest BCUT2D eigenvalue weighted by atomic mass is 10.3. The van der Waals surface area contributed by atoms with Crippen LogP contribution in [-0.2, 0) is 0 Å². The molecule has 0 aromatic rings. The van der Waals surface area contributed by atoms with Crippen molar-refractivity contribution in [2.75, 3.05) is 13.1 Å². The SMILES string of the molecule is CCCC[NH3+].CCCC[NH3+].[Cl-].[I-]. The van der Waals surface area contributed by atoms with Crippen LogP contribution in [0.15, 0.2) is 0 Å². The Balaban J connectivity index is -0.0000000457. The van der Waals surface area contributed by atoms with Gasteiger partial charge in [-0.2, -0.15) is 0 Å². The Morgan fingerprint density at radius 3 is 1.08 bits per heavy atom. The van der Waals surface area contributed by atoms with Gasteiger partial charge >= 0.3 is 0 Å². The molecule has 2 nitrogen and oxygen atoms in total. The van der Waals surface area contributed by atoms with Crippen LogP contribution < -0.4 is 47.9 Å². The first-order chi connectivity index (χ1) is 4.83. The molecule has 0 aliphatic rings. The molecule has 0 aromatic carbocycles. The summed E-state index contributed by atoms with van der Waals surface area (Å²) < 4.78 is 0. The summed E-state index contributed by atoms with van der Waals surface area (Å²) in [6.45, 7) is 6.53. The second-order valence-corrected chi connectivity index (χ2v) is 2.41. The predicted molar refractivity (Wildman–Crippen MR) is 45.3 cm³/mol. The van der Waals surface area contributed by atoms with Crippen LogP contribution in [0.3, 0.4) is 0 Å². The van der Waals surface area contributed by atoms with Gasteiger partial charge in [0.25, 0.3) is 0 Å². The Bertz CT molecular complexity index is 38.0. The third kappa shape index (κ3) is 44.3. The van der Waals surface area contributed by atoms with Gasteiger partial charge in [0, 0.05) is 0 Å². The van der Waals surface area contributed by atoms with Crippen LogP contribution in [0.1, 0.15) is 39.5 Å². The molecule has 0 fully saturated rings. The van der Waals surface area contributed by atoms with Crippen molar-refractivity contribution in [2.24, 2.45) is 0 Å². The Kier molecular flexibility index (Phi) is 57.1. The Hall–Kier alpha value is 0.940. The highest BCUT2D eigenvalue weighted by Gasteiger charge is 1.71. The van der Waals surface area contributed by atoms with Gasteiger partial charge in [-0.05, 0) is 12.8 Å². The molecule has 0 bridgehead atoms. The minimum atomic E-state index is 0. The first-order valence-corrected chi connectivity index (χ1v) is 4.41. The normalized spacial score (nSPS) is 7.00. The maximum Gasteiger partial charge on any atom is 0.0739 e. The lowest BCUT2D eigenvalue weighted by molar-refractivity contribution is -0.368. The van der Waals surface area contributed by atoms with Crippen molar-refractivity contribution in [3.63, 3.8) is 0 Å². The summed E-state index contributed by atoms with van der Waals surface area (Å²) >= 11 is 0. The summed E-state index contributed by atoms with van der Waals surface area (Å²) in [6.07, 6.45) is 5.12. The summed E-state index contributed by atoms with van der Waals surface area (Å²) in [6, 6.07) is 0. The Morgan fingerprint density at radius 1 is 0.833 bits per heavy atom. The number of unbranched alkanes of at least 4 members (excludes halogenated alkanes) is 2. The first kappa shape index (κ1) is 23.1. The molecular formula is C8H24ClIN2. The summed E-state index contributed by atoms with van der Waals surface area (Å²) in [5.74, 6) is 0. The molecule has 0 spiro atoms. The molecule has 6 N–H and O–H groups in total. The maximum atomic E-state index is 3.68. The molecule has 0 aliphatic heterocycles. The molecular weight excluding hydrogens is 286 g/mol. The van der Waals surface area contributed by atoms with Crippen molar-refractivity contribution in [3.8, 4) is 0 Å². The van der Waals surface area contributed by atoms with Gasteiger partial charge in [-0.3, -0.25) is 0 Å². The zero-order valence-electron chi connectivity index (χ0n) is 8.41. The van der Waals surface area contributed by atoms with E-state index >= 15 is 0 Å².